The second-order valence-corrected chi connectivity index (χ2v) is 4.41. The molecule has 110 valence electrons. The first-order chi connectivity index (χ1) is 10.2. The van der Waals surface area contributed by atoms with E-state index in [1.54, 1.807) is 18.2 Å². The van der Waals surface area contributed by atoms with Crippen molar-refractivity contribution >= 4 is 11.7 Å². The van der Waals surface area contributed by atoms with Gasteiger partial charge >= 0.3 is 6.03 Å². The second kappa shape index (κ2) is 6.69. The van der Waals surface area contributed by atoms with Gasteiger partial charge < -0.3 is 10.6 Å². The van der Waals surface area contributed by atoms with Gasteiger partial charge in [-0.15, -0.1) is 6.58 Å². The van der Waals surface area contributed by atoms with Crippen molar-refractivity contribution in [2.45, 2.75) is 13.3 Å². The normalized spacial score (nSPS) is 10.2. The Morgan fingerprint density at radius 2 is 2.33 bits per heavy atom. The van der Waals surface area contributed by atoms with Crippen LogP contribution in [0.1, 0.15) is 12.6 Å². The van der Waals surface area contributed by atoms with Crippen LogP contribution in [0.25, 0.3) is 11.3 Å². The summed E-state index contributed by atoms with van der Waals surface area (Å²) < 4.78 is 13.4. The van der Waals surface area contributed by atoms with E-state index in [1.165, 1.54) is 12.1 Å². The van der Waals surface area contributed by atoms with E-state index in [0.717, 1.165) is 5.69 Å². The van der Waals surface area contributed by atoms with Crippen molar-refractivity contribution in [1.82, 2.24) is 15.5 Å². The predicted molar refractivity (Wildman–Crippen MR) is 80.6 cm³/mol. The summed E-state index contributed by atoms with van der Waals surface area (Å²) in [7, 11) is 0. The number of carbonyl (C=O) groups excluding carboxylic acids is 1. The molecule has 0 aliphatic rings. The zero-order chi connectivity index (χ0) is 15.2. The number of nitrogens with one attached hydrogen (secondary N) is 3. The molecule has 0 bridgehead atoms. The fourth-order valence-corrected chi connectivity index (χ4v) is 1.94. The average molecular weight is 288 g/mol. The summed E-state index contributed by atoms with van der Waals surface area (Å²) in [5, 5.41) is 12.4. The van der Waals surface area contributed by atoms with Crippen molar-refractivity contribution in [2.75, 3.05) is 11.9 Å². The maximum atomic E-state index is 13.4. The topological polar surface area (TPSA) is 69.8 Å². The lowest BCUT2D eigenvalue weighted by Gasteiger charge is -2.08. The molecule has 0 aliphatic heterocycles. The summed E-state index contributed by atoms with van der Waals surface area (Å²) in [6.45, 7) is 5.84. The third-order valence-electron chi connectivity index (χ3n) is 2.94. The number of urea groups is 1. The number of aryl methyl sites for hydroxylation is 1. The third kappa shape index (κ3) is 3.47. The Balaban J connectivity index is 2.32. The van der Waals surface area contributed by atoms with Crippen LogP contribution >= 0.6 is 0 Å². The van der Waals surface area contributed by atoms with E-state index in [4.69, 9.17) is 0 Å². The fourth-order valence-electron chi connectivity index (χ4n) is 1.94. The van der Waals surface area contributed by atoms with Crippen LogP contribution in [0.4, 0.5) is 14.9 Å². The number of rotatable bonds is 5. The van der Waals surface area contributed by atoms with Crippen molar-refractivity contribution in [3.8, 4) is 11.3 Å². The Bertz CT molecular complexity index is 651. The maximum absolute atomic E-state index is 13.4. The standard InChI is InChI=1S/C15H17FN4O/c1-3-8-17-15(21)18-14-12(4-2)19-20-13(14)10-6-5-7-11(16)9-10/h3,5-7,9H,1,4,8H2,2H3,(H,19,20)(H2,17,18,21). The van der Waals surface area contributed by atoms with Gasteiger partial charge in [0.1, 0.15) is 11.5 Å². The number of H-pyrrole nitrogens is 1. The Morgan fingerprint density at radius 1 is 1.52 bits per heavy atom. The van der Waals surface area contributed by atoms with E-state index >= 15 is 0 Å². The minimum Gasteiger partial charge on any atom is -0.334 e. The monoisotopic (exact) mass is 288 g/mol. The van der Waals surface area contributed by atoms with Crippen LogP contribution in [-0.4, -0.2) is 22.8 Å². The number of hydrogen-bond acceptors (Lipinski definition) is 2. The summed E-state index contributed by atoms with van der Waals surface area (Å²) in [4.78, 5) is 11.8. The second-order valence-electron chi connectivity index (χ2n) is 4.41. The van der Waals surface area contributed by atoms with Gasteiger partial charge in [-0.1, -0.05) is 25.1 Å². The highest BCUT2D eigenvalue weighted by atomic mass is 19.1. The quantitative estimate of drug-likeness (QED) is 0.740. The number of aromatic nitrogens is 2. The van der Waals surface area contributed by atoms with Gasteiger partial charge in [0, 0.05) is 12.1 Å². The Morgan fingerprint density at radius 3 is 3.00 bits per heavy atom. The van der Waals surface area contributed by atoms with Gasteiger partial charge in [-0.2, -0.15) is 5.10 Å². The molecule has 2 rings (SSSR count). The molecule has 0 spiro atoms. The lowest BCUT2D eigenvalue weighted by Crippen LogP contribution is -2.29. The lowest BCUT2D eigenvalue weighted by molar-refractivity contribution is 0.253. The Labute approximate surface area is 122 Å². The molecule has 21 heavy (non-hydrogen) atoms. The number of nitrogens with zero attached hydrogens (tertiary/aromatic N) is 1. The molecule has 5 nitrogen and oxygen atoms in total. The van der Waals surface area contributed by atoms with Gasteiger partial charge in [-0.05, 0) is 18.6 Å². The minimum absolute atomic E-state index is 0.351. The summed E-state index contributed by atoms with van der Waals surface area (Å²) in [6.07, 6.45) is 2.25. The first-order valence-corrected chi connectivity index (χ1v) is 6.64. The van der Waals surface area contributed by atoms with Crippen LogP contribution in [-0.2, 0) is 6.42 Å². The first-order valence-electron chi connectivity index (χ1n) is 6.64. The smallest absolute Gasteiger partial charge is 0.319 e. The number of hydrogen-bond donors (Lipinski definition) is 3. The van der Waals surface area contributed by atoms with E-state index in [9.17, 15) is 9.18 Å². The van der Waals surface area contributed by atoms with Gasteiger partial charge in [0.2, 0.25) is 0 Å². The molecule has 0 saturated carbocycles. The molecule has 1 aromatic heterocycles. The third-order valence-corrected chi connectivity index (χ3v) is 2.94. The van der Waals surface area contributed by atoms with Gasteiger partial charge in [0.05, 0.1) is 11.4 Å². The molecule has 2 aromatic rings. The van der Waals surface area contributed by atoms with Crippen LogP contribution in [0.5, 0.6) is 0 Å². The van der Waals surface area contributed by atoms with Crippen LogP contribution < -0.4 is 10.6 Å². The number of anilines is 1. The number of benzene rings is 1. The highest BCUT2D eigenvalue weighted by molar-refractivity contribution is 5.94. The molecule has 6 heteroatoms. The summed E-state index contributed by atoms with van der Waals surface area (Å²) >= 11 is 0. The van der Waals surface area contributed by atoms with E-state index in [0.29, 0.717) is 29.9 Å². The van der Waals surface area contributed by atoms with Gasteiger partial charge in [-0.3, -0.25) is 5.10 Å². The molecule has 1 heterocycles. The number of carbonyl (C=O) groups is 1. The molecular weight excluding hydrogens is 271 g/mol. The number of halogens is 1. The number of amides is 2. The molecular formula is C15H17FN4O. The largest absolute Gasteiger partial charge is 0.334 e. The van der Waals surface area contributed by atoms with Crippen molar-refractivity contribution in [3.63, 3.8) is 0 Å². The van der Waals surface area contributed by atoms with E-state index in [2.05, 4.69) is 27.4 Å². The van der Waals surface area contributed by atoms with Crippen molar-refractivity contribution in [3.05, 3.63) is 48.4 Å². The van der Waals surface area contributed by atoms with Crippen molar-refractivity contribution < 1.29 is 9.18 Å². The average Bonchev–Trinajstić information content (AvgIpc) is 2.87. The molecule has 3 N–H and O–H groups in total. The summed E-state index contributed by atoms with van der Waals surface area (Å²) in [5.41, 5.74) is 2.46. The zero-order valence-electron chi connectivity index (χ0n) is 11.7. The summed E-state index contributed by atoms with van der Waals surface area (Å²) in [6, 6.07) is 5.73. The summed E-state index contributed by atoms with van der Waals surface area (Å²) in [5.74, 6) is -0.351. The SMILES string of the molecule is C=CCNC(=O)Nc1c(-c2cccc(F)c2)n[nH]c1CC. The predicted octanol–water partition coefficient (Wildman–Crippen LogP) is 3.09. The molecule has 2 amide bonds. The Kier molecular flexibility index (Phi) is 4.71. The van der Waals surface area contributed by atoms with Crippen LogP contribution in [0.2, 0.25) is 0 Å². The lowest BCUT2D eigenvalue weighted by atomic mass is 10.1. The molecule has 0 fully saturated rings. The molecule has 1 aromatic carbocycles. The molecule has 0 atom stereocenters. The molecule has 0 aliphatic carbocycles. The molecule has 0 radical (unpaired) electrons. The van der Waals surface area contributed by atoms with Crippen molar-refractivity contribution in [2.24, 2.45) is 0 Å². The van der Waals surface area contributed by atoms with Gasteiger partial charge in [-0.25, -0.2) is 9.18 Å². The van der Waals surface area contributed by atoms with Gasteiger partial charge in [0.15, 0.2) is 0 Å². The van der Waals surface area contributed by atoms with E-state index < -0.39 is 0 Å². The first kappa shape index (κ1) is 14.8. The maximum Gasteiger partial charge on any atom is 0.319 e. The van der Waals surface area contributed by atoms with Gasteiger partial charge in [0.25, 0.3) is 0 Å². The molecule has 0 unspecified atom stereocenters. The zero-order valence-corrected chi connectivity index (χ0v) is 11.7. The van der Waals surface area contributed by atoms with Crippen LogP contribution in [0.3, 0.4) is 0 Å². The van der Waals surface area contributed by atoms with Crippen LogP contribution in [0, 0.1) is 5.82 Å². The Hall–Kier alpha value is -2.63. The van der Waals surface area contributed by atoms with E-state index in [1.807, 2.05) is 6.92 Å². The fraction of sp³-hybridized carbons (Fsp3) is 0.200. The highest BCUT2D eigenvalue weighted by Gasteiger charge is 2.16. The van der Waals surface area contributed by atoms with Crippen LogP contribution in [0.15, 0.2) is 36.9 Å². The minimum atomic E-state index is -0.358. The molecule has 0 saturated heterocycles. The van der Waals surface area contributed by atoms with E-state index in [-0.39, 0.29) is 11.8 Å². The van der Waals surface area contributed by atoms with Crippen molar-refractivity contribution in [1.29, 1.82) is 0 Å². The number of aromatic amines is 1. The highest BCUT2D eigenvalue weighted by Crippen LogP contribution is 2.29.